The summed E-state index contributed by atoms with van der Waals surface area (Å²) in [6, 6.07) is 0. The second-order valence-electron chi connectivity index (χ2n) is 3.01. The molecule has 0 N–H and O–H groups in total. The molecule has 0 amide bonds. The van der Waals surface area contributed by atoms with Crippen LogP contribution in [0.1, 0.15) is 26.7 Å². The largest absolute Gasteiger partial charge is 0.381 e. The van der Waals surface area contributed by atoms with Gasteiger partial charge in [-0.25, -0.2) is 0 Å². The Morgan fingerprint density at radius 3 is 2.78 bits per heavy atom. The Balaban J connectivity index is 2.30. The normalized spacial score (nSPS) is 36.7. The number of hydrogen-bond donors (Lipinski definition) is 0. The first-order valence-corrected chi connectivity index (χ1v) is 3.92. The van der Waals surface area contributed by atoms with Crippen LogP contribution in [-0.2, 0) is 4.74 Å². The van der Waals surface area contributed by atoms with Crippen LogP contribution in [0.3, 0.4) is 0 Å². The highest BCUT2D eigenvalue weighted by atomic mass is 16.5. The third kappa shape index (κ3) is 1.68. The first-order valence-electron chi connectivity index (χ1n) is 3.92. The van der Waals surface area contributed by atoms with Crippen LogP contribution in [0.15, 0.2) is 0 Å². The molecule has 0 radical (unpaired) electrons. The molecule has 1 heteroatoms. The quantitative estimate of drug-likeness (QED) is 0.525. The molecular weight excluding hydrogens is 112 g/mol. The maximum atomic E-state index is 5.31. The van der Waals surface area contributed by atoms with Crippen LogP contribution in [0.5, 0.6) is 0 Å². The highest BCUT2D eigenvalue weighted by molar-refractivity contribution is 4.68. The molecule has 0 aromatic carbocycles. The standard InChI is InChI=1S/C8H16O/c1-3-8-4-5-9-6-7(8)2/h7-8H,3-6H2,1-2H3/t7-,8?/m0/s1. The zero-order valence-corrected chi connectivity index (χ0v) is 6.39. The van der Waals surface area contributed by atoms with Crippen molar-refractivity contribution in [3.05, 3.63) is 0 Å². The first kappa shape index (κ1) is 7.07. The minimum Gasteiger partial charge on any atom is -0.381 e. The smallest absolute Gasteiger partial charge is 0.0494 e. The molecule has 1 aliphatic heterocycles. The molecule has 2 atom stereocenters. The van der Waals surface area contributed by atoms with Gasteiger partial charge in [0.15, 0.2) is 0 Å². The Hall–Kier alpha value is -0.0400. The van der Waals surface area contributed by atoms with E-state index in [-0.39, 0.29) is 0 Å². The summed E-state index contributed by atoms with van der Waals surface area (Å²) in [5.41, 5.74) is 0. The van der Waals surface area contributed by atoms with Gasteiger partial charge < -0.3 is 4.74 Å². The summed E-state index contributed by atoms with van der Waals surface area (Å²) in [5.74, 6) is 1.72. The van der Waals surface area contributed by atoms with Gasteiger partial charge in [-0.05, 0) is 18.3 Å². The second kappa shape index (κ2) is 3.21. The lowest BCUT2D eigenvalue weighted by molar-refractivity contribution is 0.0232. The summed E-state index contributed by atoms with van der Waals surface area (Å²) >= 11 is 0. The van der Waals surface area contributed by atoms with Gasteiger partial charge in [0, 0.05) is 13.2 Å². The van der Waals surface area contributed by atoms with Crippen LogP contribution >= 0.6 is 0 Å². The number of ether oxygens (including phenoxy) is 1. The molecule has 1 heterocycles. The van der Waals surface area contributed by atoms with Crippen LogP contribution in [0.2, 0.25) is 0 Å². The van der Waals surface area contributed by atoms with Gasteiger partial charge in [0.1, 0.15) is 0 Å². The minimum atomic E-state index is 0.795. The average molecular weight is 128 g/mol. The molecule has 1 unspecified atom stereocenters. The van der Waals surface area contributed by atoms with Crippen molar-refractivity contribution < 1.29 is 4.74 Å². The molecule has 0 aliphatic carbocycles. The Kier molecular flexibility index (Phi) is 2.52. The molecule has 1 saturated heterocycles. The monoisotopic (exact) mass is 128 g/mol. The Labute approximate surface area is 57.4 Å². The first-order chi connectivity index (χ1) is 4.34. The van der Waals surface area contributed by atoms with Gasteiger partial charge >= 0.3 is 0 Å². The van der Waals surface area contributed by atoms with Crippen LogP contribution in [0, 0.1) is 11.8 Å². The molecule has 54 valence electrons. The van der Waals surface area contributed by atoms with Gasteiger partial charge in [-0.3, -0.25) is 0 Å². The fraction of sp³-hybridized carbons (Fsp3) is 1.00. The highest BCUT2D eigenvalue weighted by Gasteiger charge is 2.19. The van der Waals surface area contributed by atoms with Crippen molar-refractivity contribution in [3.63, 3.8) is 0 Å². The minimum absolute atomic E-state index is 0.795. The molecule has 0 spiro atoms. The van der Waals surface area contributed by atoms with Crippen LogP contribution < -0.4 is 0 Å². The summed E-state index contributed by atoms with van der Waals surface area (Å²) in [6.45, 7) is 6.53. The van der Waals surface area contributed by atoms with E-state index in [2.05, 4.69) is 13.8 Å². The van der Waals surface area contributed by atoms with Crippen molar-refractivity contribution in [2.24, 2.45) is 11.8 Å². The lowest BCUT2D eigenvalue weighted by Gasteiger charge is -2.27. The van der Waals surface area contributed by atoms with Crippen molar-refractivity contribution >= 4 is 0 Å². The molecule has 1 fully saturated rings. The predicted octanol–water partition coefficient (Wildman–Crippen LogP) is 2.07. The maximum Gasteiger partial charge on any atom is 0.0494 e. The van der Waals surface area contributed by atoms with Gasteiger partial charge in [-0.1, -0.05) is 20.3 Å². The fourth-order valence-corrected chi connectivity index (χ4v) is 1.53. The van der Waals surface area contributed by atoms with E-state index in [0.717, 1.165) is 25.0 Å². The Bertz CT molecular complexity index is 80.6. The summed E-state index contributed by atoms with van der Waals surface area (Å²) in [5, 5.41) is 0. The van der Waals surface area contributed by atoms with Crippen LogP contribution in [-0.4, -0.2) is 13.2 Å². The predicted molar refractivity (Wildman–Crippen MR) is 38.4 cm³/mol. The van der Waals surface area contributed by atoms with Gasteiger partial charge in [-0.15, -0.1) is 0 Å². The van der Waals surface area contributed by atoms with Crippen molar-refractivity contribution in [1.29, 1.82) is 0 Å². The van der Waals surface area contributed by atoms with Crippen molar-refractivity contribution in [3.8, 4) is 0 Å². The topological polar surface area (TPSA) is 9.23 Å². The van der Waals surface area contributed by atoms with Crippen LogP contribution in [0.25, 0.3) is 0 Å². The van der Waals surface area contributed by atoms with E-state index in [1.807, 2.05) is 0 Å². The summed E-state index contributed by atoms with van der Waals surface area (Å²) in [7, 11) is 0. The molecule has 0 aromatic rings. The van der Waals surface area contributed by atoms with E-state index in [9.17, 15) is 0 Å². The summed E-state index contributed by atoms with van der Waals surface area (Å²) < 4.78 is 5.31. The summed E-state index contributed by atoms with van der Waals surface area (Å²) in [4.78, 5) is 0. The number of rotatable bonds is 1. The molecule has 1 nitrogen and oxygen atoms in total. The lowest BCUT2D eigenvalue weighted by atomic mass is 9.88. The average Bonchev–Trinajstić information content (AvgIpc) is 1.89. The van der Waals surface area contributed by atoms with E-state index in [1.54, 1.807) is 0 Å². The van der Waals surface area contributed by atoms with Crippen molar-refractivity contribution in [1.82, 2.24) is 0 Å². The third-order valence-corrected chi connectivity index (χ3v) is 2.34. The van der Waals surface area contributed by atoms with Crippen molar-refractivity contribution in [2.45, 2.75) is 26.7 Å². The number of hydrogen-bond acceptors (Lipinski definition) is 1. The highest BCUT2D eigenvalue weighted by Crippen LogP contribution is 2.23. The van der Waals surface area contributed by atoms with E-state index >= 15 is 0 Å². The Morgan fingerprint density at radius 1 is 1.56 bits per heavy atom. The van der Waals surface area contributed by atoms with E-state index in [4.69, 9.17) is 4.74 Å². The molecular formula is C8H16O. The maximum absolute atomic E-state index is 5.31. The van der Waals surface area contributed by atoms with Gasteiger partial charge in [0.25, 0.3) is 0 Å². The van der Waals surface area contributed by atoms with Gasteiger partial charge in [0.05, 0.1) is 0 Å². The van der Waals surface area contributed by atoms with E-state index in [1.165, 1.54) is 12.8 Å². The second-order valence-corrected chi connectivity index (χ2v) is 3.01. The molecule has 9 heavy (non-hydrogen) atoms. The fourth-order valence-electron chi connectivity index (χ4n) is 1.53. The third-order valence-electron chi connectivity index (χ3n) is 2.34. The zero-order valence-electron chi connectivity index (χ0n) is 6.39. The van der Waals surface area contributed by atoms with Crippen LogP contribution in [0.4, 0.5) is 0 Å². The van der Waals surface area contributed by atoms with Crippen molar-refractivity contribution in [2.75, 3.05) is 13.2 Å². The molecule has 0 bridgehead atoms. The lowest BCUT2D eigenvalue weighted by Crippen LogP contribution is -2.24. The SMILES string of the molecule is CCC1CCOC[C@@H]1C. The molecule has 0 aromatic heterocycles. The van der Waals surface area contributed by atoms with Gasteiger partial charge in [-0.2, -0.15) is 0 Å². The summed E-state index contributed by atoms with van der Waals surface area (Å²) in [6.07, 6.45) is 2.60. The molecule has 1 aliphatic rings. The molecule has 0 saturated carbocycles. The Morgan fingerprint density at radius 2 is 2.33 bits per heavy atom. The zero-order chi connectivity index (χ0) is 6.69. The van der Waals surface area contributed by atoms with Gasteiger partial charge in [0.2, 0.25) is 0 Å². The van der Waals surface area contributed by atoms with E-state index < -0.39 is 0 Å². The molecule has 1 rings (SSSR count). The van der Waals surface area contributed by atoms with E-state index in [0.29, 0.717) is 0 Å².